The summed E-state index contributed by atoms with van der Waals surface area (Å²) in [7, 11) is 0. The zero-order chi connectivity index (χ0) is 11.0. The van der Waals surface area contributed by atoms with Crippen molar-refractivity contribution in [2.75, 3.05) is 19.8 Å². The van der Waals surface area contributed by atoms with E-state index in [1.54, 1.807) is 11.3 Å². The molecule has 5 heteroatoms. The summed E-state index contributed by atoms with van der Waals surface area (Å²) in [5, 5.41) is 2.06. The molecular weight excluding hydrogens is 222 g/mol. The van der Waals surface area contributed by atoms with Gasteiger partial charge in [-0.15, -0.1) is 11.3 Å². The Hall–Kier alpha value is -1.17. The smallest absolute Gasteiger partial charge is 0.118 e. The molecule has 0 amide bonds. The summed E-state index contributed by atoms with van der Waals surface area (Å²) in [6.07, 6.45) is 1.87. The lowest BCUT2D eigenvalue weighted by Gasteiger charge is -2.38. The van der Waals surface area contributed by atoms with Gasteiger partial charge in [-0.05, 0) is 11.4 Å². The lowest BCUT2D eigenvalue weighted by molar-refractivity contribution is -0.0589. The molecule has 0 bridgehead atoms. The molecule has 1 aliphatic heterocycles. The van der Waals surface area contributed by atoms with Crippen LogP contribution in [0.25, 0.3) is 10.6 Å². The Bertz CT molecular complexity index is 468. The maximum Gasteiger partial charge on any atom is 0.118 e. The summed E-state index contributed by atoms with van der Waals surface area (Å²) >= 11 is 1.70. The number of nitrogens with two attached hydrogens (primary N) is 1. The fraction of sp³-hybridized carbons (Fsp3) is 0.364. The second kappa shape index (κ2) is 3.69. The van der Waals surface area contributed by atoms with Gasteiger partial charge in [0.05, 0.1) is 35.4 Å². The van der Waals surface area contributed by atoms with Crippen LogP contribution in [0.5, 0.6) is 0 Å². The number of nitrogens with one attached hydrogen (secondary N) is 1. The number of hydrogen-bond acceptors (Lipinski definition) is 4. The van der Waals surface area contributed by atoms with Crippen molar-refractivity contribution in [1.82, 2.24) is 9.97 Å². The van der Waals surface area contributed by atoms with Gasteiger partial charge >= 0.3 is 0 Å². The first-order valence-electron chi connectivity index (χ1n) is 5.21. The summed E-state index contributed by atoms with van der Waals surface area (Å²) in [5.41, 5.74) is 6.76. The second-order valence-corrected chi connectivity index (χ2v) is 5.05. The fourth-order valence-electron chi connectivity index (χ4n) is 1.85. The molecule has 0 aromatic carbocycles. The molecule has 1 aliphatic rings. The molecule has 2 aromatic rings. The van der Waals surface area contributed by atoms with Gasteiger partial charge in [0.2, 0.25) is 0 Å². The summed E-state index contributed by atoms with van der Waals surface area (Å²) in [5.74, 6) is 0.949. The fourth-order valence-corrected chi connectivity index (χ4v) is 2.54. The van der Waals surface area contributed by atoms with Crippen molar-refractivity contribution >= 4 is 11.3 Å². The molecule has 0 aliphatic carbocycles. The molecule has 3 heterocycles. The molecule has 0 unspecified atom stereocenters. The minimum Gasteiger partial charge on any atom is -0.379 e. The highest BCUT2D eigenvalue weighted by atomic mass is 32.1. The predicted molar refractivity (Wildman–Crippen MR) is 63.5 cm³/mol. The van der Waals surface area contributed by atoms with Crippen molar-refractivity contribution in [3.8, 4) is 10.6 Å². The van der Waals surface area contributed by atoms with Crippen molar-refractivity contribution in [2.24, 2.45) is 5.73 Å². The lowest BCUT2D eigenvalue weighted by atomic mass is 9.85. The Kier molecular flexibility index (Phi) is 2.31. The Balaban J connectivity index is 1.93. The lowest BCUT2D eigenvalue weighted by Crippen LogP contribution is -2.52. The number of aromatic amines is 1. The van der Waals surface area contributed by atoms with Crippen molar-refractivity contribution in [3.05, 3.63) is 29.5 Å². The molecule has 2 aromatic heterocycles. The number of H-pyrrole nitrogens is 1. The maximum atomic E-state index is 5.79. The third-order valence-corrected chi connectivity index (χ3v) is 3.92. The first kappa shape index (κ1) is 10.0. The van der Waals surface area contributed by atoms with Crippen LogP contribution in [0.15, 0.2) is 23.7 Å². The first-order chi connectivity index (χ1) is 7.84. The molecule has 1 fully saturated rings. The van der Waals surface area contributed by atoms with Gasteiger partial charge in [-0.1, -0.05) is 6.07 Å². The van der Waals surface area contributed by atoms with Gasteiger partial charge in [0, 0.05) is 6.54 Å². The quantitative estimate of drug-likeness (QED) is 0.844. The van der Waals surface area contributed by atoms with Crippen LogP contribution in [-0.2, 0) is 10.2 Å². The average molecular weight is 235 g/mol. The molecule has 84 valence electrons. The Morgan fingerprint density at radius 3 is 3.00 bits per heavy atom. The van der Waals surface area contributed by atoms with Gasteiger partial charge in [-0.3, -0.25) is 0 Å². The number of rotatable bonds is 3. The third-order valence-electron chi connectivity index (χ3n) is 3.01. The van der Waals surface area contributed by atoms with E-state index < -0.39 is 0 Å². The average Bonchev–Trinajstić information content (AvgIpc) is 2.86. The van der Waals surface area contributed by atoms with E-state index in [1.807, 2.05) is 12.3 Å². The predicted octanol–water partition coefficient (Wildman–Crippen LogP) is 1.36. The summed E-state index contributed by atoms with van der Waals surface area (Å²) in [6, 6.07) is 4.11. The van der Waals surface area contributed by atoms with E-state index in [2.05, 4.69) is 21.4 Å². The highest BCUT2D eigenvalue weighted by Crippen LogP contribution is 2.31. The summed E-state index contributed by atoms with van der Waals surface area (Å²) in [6.45, 7) is 1.91. The van der Waals surface area contributed by atoms with E-state index in [9.17, 15) is 0 Å². The molecule has 0 saturated carbocycles. The highest BCUT2D eigenvalue weighted by Gasteiger charge is 2.41. The Labute approximate surface area is 97.5 Å². The maximum absolute atomic E-state index is 5.79. The first-order valence-corrected chi connectivity index (χ1v) is 6.09. The molecular formula is C11H13N3OS. The van der Waals surface area contributed by atoms with Crippen molar-refractivity contribution in [2.45, 2.75) is 5.41 Å². The molecule has 16 heavy (non-hydrogen) atoms. The van der Waals surface area contributed by atoms with Crippen LogP contribution in [0.1, 0.15) is 5.82 Å². The Morgan fingerprint density at radius 1 is 1.56 bits per heavy atom. The molecule has 1 saturated heterocycles. The molecule has 0 spiro atoms. The number of ether oxygens (including phenoxy) is 1. The molecule has 0 atom stereocenters. The van der Waals surface area contributed by atoms with Gasteiger partial charge < -0.3 is 15.5 Å². The number of hydrogen-bond donors (Lipinski definition) is 2. The monoisotopic (exact) mass is 235 g/mol. The highest BCUT2D eigenvalue weighted by molar-refractivity contribution is 7.13. The van der Waals surface area contributed by atoms with Gasteiger partial charge in [-0.2, -0.15) is 0 Å². The van der Waals surface area contributed by atoms with Gasteiger partial charge in [0.1, 0.15) is 5.82 Å². The van der Waals surface area contributed by atoms with E-state index in [4.69, 9.17) is 10.5 Å². The van der Waals surface area contributed by atoms with Gasteiger partial charge in [-0.25, -0.2) is 4.98 Å². The van der Waals surface area contributed by atoms with E-state index >= 15 is 0 Å². The molecule has 4 nitrogen and oxygen atoms in total. The number of aromatic nitrogens is 2. The zero-order valence-electron chi connectivity index (χ0n) is 8.77. The number of thiophene rings is 1. The minimum atomic E-state index is -0.0878. The number of nitrogens with zero attached hydrogens (tertiary/aromatic N) is 1. The summed E-state index contributed by atoms with van der Waals surface area (Å²) < 4.78 is 5.25. The van der Waals surface area contributed by atoms with Gasteiger partial charge in [0.25, 0.3) is 0 Å². The van der Waals surface area contributed by atoms with Crippen LogP contribution in [0, 0.1) is 0 Å². The standard InChI is InChI=1S/C11H13N3OS/c12-5-11(6-15-7-11)10-13-4-8(14-10)9-2-1-3-16-9/h1-4H,5-7,12H2,(H,13,14). The number of imidazole rings is 1. The topological polar surface area (TPSA) is 63.9 Å². The largest absolute Gasteiger partial charge is 0.379 e. The van der Waals surface area contributed by atoms with Crippen LogP contribution in [0.3, 0.4) is 0 Å². The second-order valence-electron chi connectivity index (χ2n) is 4.10. The van der Waals surface area contributed by atoms with Crippen molar-refractivity contribution < 1.29 is 4.74 Å². The van der Waals surface area contributed by atoms with Crippen LogP contribution in [0.2, 0.25) is 0 Å². The van der Waals surface area contributed by atoms with Gasteiger partial charge in [0.15, 0.2) is 0 Å². The van der Waals surface area contributed by atoms with Crippen molar-refractivity contribution in [1.29, 1.82) is 0 Å². The van der Waals surface area contributed by atoms with Crippen LogP contribution in [-0.4, -0.2) is 29.7 Å². The molecule has 3 rings (SSSR count). The van der Waals surface area contributed by atoms with E-state index in [1.165, 1.54) is 4.88 Å². The minimum absolute atomic E-state index is 0.0878. The molecule has 3 N–H and O–H groups in total. The van der Waals surface area contributed by atoms with Crippen molar-refractivity contribution in [3.63, 3.8) is 0 Å². The normalized spacial score (nSPS) is 18.3. The third kappa shape index (κ3) is 1.40. The molecule has 0 radical (unpaired) electrons. The van der Waals surface area contributed by atoms with E-state index in [0.717, 1.165) is 11.5 Å². The van der Waals surface area contributed by atoms with Crippen LogP contribution in [0.4, 0.5) is 0 Å². The van der Waals surface area contributed by atoms with Crippen LogP contribution < -0.4 is 5.73 Å². The van der Waals surface area contributed by atoms with Crippen LogP contribution >= 0.6 is 11.3 Å². The Morgan fingerprint density at radius 2 is 2.44 bits per heavy atom. The SMILES string of the molecule is NCC1(c2ncc(-c3cccs3)[nH]2)COC1. The van der Waals surface area contributed by atoms with E-state index in [0.29, 0.717) is 19.8 Å². The zero-order valence-corrected chi connectivity index (χ0v) is 9.59. The van der Waals surface area contributed by atoms with E-state index in [-0.39, 0.29) is 5.41 Å². The summed E-state index contributed by atoms with van der Waals surface area (Å²) in [4.78, 5) is 8.98.